The van der Waals surface area contributed by atoms with Crippen LogP contribution in [0.4, 0.5) is 4.39 Å². The van der Waals surface area contributed by atoms with E-state index in [4.69, 9.17) is 0 Å². The molecule has 0 aliphatic rings. The Bertz CT molecular complexity index is 847. The highest BCUT2D eigenvalue weighted by atomic mass is 19.1. The molecule has 0 bridgehead atoms. The van der Waals surface area contributed by atoms with Gasteiger partial charge in [-0.3, -0.25) is 4.79 Å². The van der Waals surface area contributed by atoms with Gasteiger partial charge >= 0.3 is 0 Å². The molecule has 0 unspecified atom stereocenters. The summed E-state index contributed by atoms with van der Waals surface area (Å²) in [4.78, 5) is 15.3. The summed E-state index contributed by atoms with van der Waals surface area (Å²) in [5.74, 6) is -0.263. The molecule has 3 rings (SSSR count). The van der Waals surface area contributed by atoms with Crippen LogP contribution in [-0.4, -0.2) is 4.98 Å². The smallest absolute Gasteiger partial charge is 0.189 e. The molecular weight excluding hydrogens is 253 g/mol. The van der Waals surface area contributed by atoms with E-state index in [1.54, 1.807) is 18.2 Å². The number of hydrogen-bond donors (Lipinski definition) is 1. The normalized spacial score (nSPS) is 10.9. The number of rotatable bonds is 1. The first-order chi connectivity index (χ1) is 9.54. The van der Waals surface area contributed by atoms with E-state index in [9.17, 15) is 9.18 Å². The van der Waals surface area contributed by atoms with E-state index in [0.29, 0.717) is 5.39 Å². The van der Waals surface area contributed by atoms with Gasteiger partial charge in [-0.25, -0.2) is 4.39 Å². The number of hydrogen-bond acceptors (Lipinski definition) is 1. The summed E-state index contributed by atoms with van der Waals surface area (Å²) in [6.45, 7) is 3.85. The van der Waals surface area contributed by atoms with Crippen LogP contribution < -0.4 is 5.43 Å². The molecule has 3 heteroatoms. The van der Waals surface area contributed by atoms with Gasteiger partial charge in [-0.2, -0.15) is 0 Å². The van der Waals surface area contributed by atoms with Gasteiger partial charge in [0.2, 0.25) is 0 Å². The van der Waals surface area contributed by atoms with E-state index in [-0.39, 0.29) is 11.2 Å². The van der Waals surface area contributed by atoms with Gasteiger partial charge < -0.3 is 4.98 Å². The van der Waals surface area contributed by atoms with E-state index in [0.717, 1.165) is 27.9 Å². The van der Waals surface area contributed by atoms with Crippen molar-refractivity contribution in [2.45, 2.75) is 13.8 Å². The van der Waals surface area contributed by atoms with Crippen molar-refractivity contribution in [1.29, 1.82) is 0 Å². The molecule has 0 atom stereocenters. The van der Waals surface area contributed by atoms with Crippen molar-refractivity contribution in [2.75, 3.05) is 0 Å². The Morgan fingerprint density at radius 3 is 2.40 bits per heavy atom. The van der Waals surface area contributed by atoms with Crippen LogP contribution in [0.2, 0.25) is 0 Å². The molecule has 0 aliphatic heterocycles. The predicted octanol–water partition coefficient (Wildman–Crippen LogP) is 3.95. The molecular formula is C17H14FNO. The molecule has 0 aliphatic carbocycles. The topological polar surface area (TPSA) is 32.9 Å². The Hall–Kier alpha value is -2.42. The first-order valence-corrected chi connectivity index (χ1v) is 6.45. The first-order valence-electron chi connectivity index (χ1n) is 6.45. The van der Waals surface area contributed by atoms with Crippen LogP contribution in [0.5, 0.6) is 0 Å². The van der Waals surface area contributed by atoms with Gasteiger partial charge in [0.05, 0.1) is 0 Å². The zero-order valence-corrected chi connectivity index (χ0v) is 11.3. The number of aromatic nitrogens is 1. The summed E-state index contributed by atoms with van der Waals surface area (Å²) in [6.07, 6.45) is 0. The molecule has 20 heavy (non-hydrogen) atoms. The Morgan fingerprint density at radius 2 is 1.70 bits per heavy atom. The third-order valence-electron chi connectivity index (χ3n) is 3.46. The van der Waals surface area contributed by atoms with Crippen molar-refractivity contribution in [3.8, 4) is 11.1 Å². The van der Waals surface area contributed by atoms with Crippen molar-refractivity contribution in [3.05, 3.63) is 69.8 Å². The molecule has 1 aromatic heterocycles. The highest BCUT2D eigenvalue weighted by Crippen LogP contribution is 2.26. The van der Waals surface area contributed by atoms with Crippen molar-refractivity contribution in [2.24, 2.45) is 0 Å². The van der Waals surface area contributed by atoms with Crippen LogP contribution in [-0.2, 0) is 0 Å². The summed E-state index contributed by atoms with van der Waals surface area (Å²) in [7, 11) is 0. The maximum atomic E-state index is 13.0. The zero-order valence-electron chi connectivity index (χ0n) is 11.3. The standard InChI is InChI=1S/C17H14FNO/c1-10-7-16-15(17(20)8-11(2)19-16)9-14(10)12-3-5-13(18)6-4-12/h3-9H,1-2H3,(H,19,20). The Balaban J connectivity index is 2.29. The summed E-state index contributed by atoms with van der Waals surface area (Å²) in [5, 5.41) is 0.653. The van der Waals surface area contributed by atoms with Crippen molar-refractivity contribution < 1.29 is 4.39 Å². The van der Waals surface area contributed by atoms with Crippen LogP contribution in [0.15, 0.2) is 47.3 Å². The second-order valence-corrected chi connectivity index (χ2v) is 5.04. The van der Waals surface area contributed by atoms with Gasteiger partial charge in [0.1, 0.15) is 5.82 Å². The number of nitrogens with one attached hydrogen (secondary N) is 1. The number of halogens is 1. The van der Waals surface area contributed by atoms with Gasteiger partial charge in [-0.1, -0.05) is 12.1 Å². The lowest BCUT2D eigenvalue weighted by molar-refractivity contribution is 0.628. The average molecular weight is 267 g/mol. The minimum absolute atomic E-state index is 0.000360. The van der Waals surface area contributed by atoms with Gasteiger partial charge in [-0.15, -0.1) is 0 Å². The summed E-state index contributed by atoms with van der Waals surface area (Å²) < 4.78 is 13.0. The predicted molar refractivity (Wildman–Crippen MR) is 79.4 cm³/mol. The van der Waals surface area contributed by atoms with Crippen LogP contribution in [0.25, 0.3) is 22.0 Å². The lowest BCUT2D eigenvalue weighted by atomic mass is 9.98. The van der Waals surface area contributed by atoms with Crippen molar-refractivity contribution >= 4 is 10.9 Å². The molecule has 0 amide bonds. The van der Waals surface area contributed by atoms with Crippen LogP contribution >= 0.6 is 0 Å². The third kappa shape index (κ3) is 2.11. The van der Waals surface area contributed by atoms with Crippen LogP contribution in [0.3, 0.4) is 0 Å². The molecule has 2 aromatic carbocycles. The largest absolute Gasteiger partial charge is 0.358 e. The average Bonchev–Trinajstić information content (AvgIpc) is 2.39. The quantitative estimate of drug-likeness (QED) is 0.711. The van der Waals surface area contributed by atoms with Gasteiger partial charge in [0.25, 0.3) is 0 Å². The van der Waals surface area contributed by atoms with E-state index in [2.05, 4.69) is 4.98 Å². The minimum atomic E-state index is -0.263. The fraction of sp³-hybridized carbons (Fsp3) is 0.118. The second kappa shape index (κ2) is 4.60. The molecule has 3 aromatic rings. The summed E-state index contributed by atoms with van der Waals surface area (Å²) in [5.41, 5.74) is 4.58. The van der Waals surface area contributed by atoms with Gasteiger partial charge in [0.15, 0.2) is 5.43 Å². The van der Waals surface area contributed by atoms with E-state index < -0.39 is 0 Å². The van der Waals surface area contributed by atoms with Crippen molar-refractivity contribution in [3.63, 3.8) is 0 Å². The minimum Gasteiger partial charge on any atom is -0.358 e. The number of H-pyrrole nitrogens is 1. The molecule has 0 saturated heterocycles. The maximum Gasteiger partial charge on any atom is 0.189 e. The van der Waals surface area contributed by atoms with Gasteiger partial charge in [-0.05, 0) is 54.8 Å². The maximum absolute atomic E-state index is 13.0. The monoisotopic (exact) mass is 267 g/mol. The van der Waals surface area contributed by atoms with Gasteiger partial charge in [0, 0.05) is 22.7 Å². The molecule has 0 saturated carbocycles. The van der Waals surface area contributed by atoms with Crippen molar-refractivity contribution in [1.82, 2.24) is 4.98 Å². The molecule has 100 valence electrons. The SMILES string of the molecule is Cc1cc(=O)c2cc(-c3ccc(F)cc3)c(C)cc2[nH]1. The lowest BCUT2D eigenvalue weighted by Crippen LogP contribution is -2.03. The van der Waals surface area contributed by atoms with Crippen LogP contribution in [0, 0.1) is 19.7 Å². The molecule has 0 fully saturated rings. The Kier molecular flexibility index (Phi) is 2.90. The number of benzene rings is 2. The fourth-order valence-corrected chi connectivity index (χ4v) is 2.48. The number of pyridine rings is 1. The second-order valence-electron chi connectivity index (χ2n) is 5.04. The molecule has 1 N–H and O–H groups in total. The van der Waals surface area contributed by atoms with E-state index in [1.165, 1.54) is 12.1 Å². The lowest BCUT2D eigenvalue weighted by Gasteiger charge is -2.09. The zero-order chi connectivity index (χ0) is 14.3. The summed E-state index contributed by atoms with van der Waals surface area (Å²) >= 11 is 0. The number of fused-ring (bicyclic) bond motifs is 1. The Morgan fingerprint density at radius 1 is 1.00 bits per heavy atom. The first kappa shape index (κ1) is 12.6. The summed E-state index contributed by atoms with van der Waals surface area (Å²) in [6, 6.07) is 11.7. The van der Waals surface area contributed by atoms with E-state index >= 15 is 0 Å². The molecule has 1 heterocycles. The highest BCUT2D eigenvalue weighted by Gasteiger charge is 2.07. The Labute approximate surface area is 115 Å². The third-order valence-corrected chi connectivity index (χ3v) is 3.46. The molecule has 0 spiro atoms. The van der Waals surface area contributed by atoms with Crippen LogP contribution in [0.1, 0.15) is 11.3 Å². The molecule has 0 radical (unpaired) electrons. The number of aromatic amines is 1. The number of aryl methyl sites for hydroxylation is 2. The molecule has 2 nitrogen and oxygen atoms in total. The fourth-order valence-electron chi connectivity index (χ4n) is 2.48. The highest BCUT2D eigenvalue weighted by molar-refractivity contribution is 5.86. The van der Waals surface area contributed by atoms with E-state index in [1.807, 2.05) is 26.0 Å².